The molecule has 2 aromatic heterocycles. The quantitative estimate of drug-likeness (QED) is 0.886. The molecule has 114 valence electrons. The average Bonchev–Trinajstić information content (AvgIpc) is 2.97. The molecule has 2 aromatic rings. The first-order chi connectivity index (χ1) is 10.0. The van der Waals surface area contributed by atoms with Crippen LogP contribution < -0.4 is 10.6 Å². The van der Waals surface area contributed by atoms with Crippen molar-refractivity contribution in [3.8, 4) is 0 Å². The number of ether oxygens (including phenoxy) is 1. The van der Waals surface area contributed by atoms with Gasteiger partial charge in [0.1, 0.15) is 5.76 Å². The number of carbonyl (C=O) groups excluding carboxylic acids is 1. The third-order valence-corrected chi connectivity index (χ3v) is 3.74. The molecule has 8 heteroatoms. The first-order valence-electron chi connectivity index (χ1n) is 6.45. The predicted octanol–water partition coefficient (Wildman–Crippen LogP) is 2.78. The Morgan fingerprint density at radius 1 is 1.52 bits per heavy atom. The minimum atomic E-state index is -0.319. The Labute approximate surface area is 126 Å². The van der Waals surface area contributed by atoms with Crippen molar-refractivity contribution in [2.24, 2.45) is 0 Å². The van der Waals surface area contributed by atoms with Crippen LogP contribution in [0.5, 0.6) is 0 Å². The highest BCUT2D eigenvalue weighted by atomic mass is 32.1. The smallest absolute Gasteiger partial charge is 0.321 e. The van der Waals surface area contributed by atoms with Crippen molar-refractivity contribution >= 4 is 22.5 Å². The summed E-state index contributed by atoms with van der Waals surface area (Å²) in [6.45, 7) is 5.97. The van der Waals surface area contributed by atoms with Gasteiger partial charge in [0.15, 0.2) is 5.13 Å². The van der Waals surface area contributed by atoms with E-state index in [1.54, 1.807) is 7.11 Å². The molecule has 2 heterocycles. The van der Waals surface area contributed by atoms with Crippen LogP contribution in [-0.4, -0.2) is 23.3 Å². The normalized spacial score (nSPS) is 12.2. The van der Waals surface area contributed by atoms with Crippen molar-refractivity contribution in [3.05, 3.63) is 28.1 Å². The third kappa shape index (κ3) is 3.79. The van der Waals surface area contributed by atoms with Gasteiger partial charge in [-0.25, -0.2) is 9.78 Å². The molecular weight excluding hydrogens is 292 g/mol. The van der Waals surface area contributed by atoms with Crippen molar-refractivity contribution < 1.29 is 14.1 Å². The lowest BCUT2D eigenvalue weighted by Gasteiger charge is -2.13. The summed E-state index contributed by atoms with van der Waals surface area (Å²) in [6, 6.07) is -0.518. The molecule has 2 N–H and O–H groups in total. The van der Waals surface area contributed by atoms with Gasteiger partial charge >= 0.3 is 6.03 Å². The maximum atomic E-state index is 12.0. The first kappa shape index (κ1) is 15.5. The van der Waals surface area contributed by atoms with Crippen LogP contribution in [0.15, 0.2) is 9.90 Å². The number of carbonyl (C=O) groups is 1. The summed E-state index contributed by atoms with van der Waals surface area (Å²) in [5, 5.41) is 11.8. The van der Waals surface area contributed by atoms with Gasteiger partial charge in [0, 0.05) is 18.1 Å². The molecule has 0 saturated heterocycles. The van der Waals surface area contributed by atoms with Gasteiger partial charge in [-0.1, -0.05) is 5.16 Å². The lowest BCUT2D eigenvalue weighted by atomic mass is 10.1. The number of aryl methyl sites for hydroxylation is 2. The summed E-state index contributed by atoms with van der Waals surface area (Å²) in [4.78, 5) is 16.2. The number of anilines is 1. The number of rotatable bonds is 5. The number of amides is 2. The molecule has 2 rings (SSSR count). The number of nitrogens with one attached hydrogen (secondary N) is 2. The van der Waals surface area contributed by atoms with Crippen LogP contribution in [0.1, 0.15) is 35.7 Å². The summed E-state index contributed by atoms with van der Waals surface area (Å²) in [5.41, 5.74) is 2.46. The molecule has 0 spiro atoms. The fourth-order valence-electron chi connectivity index (χ4n) is 2.09. The Morgan fingerprint density at radius 3 is 2.90 bits per heavy atom. The number of thiazole rings is 1. The van der Waals surface area contributed by atoms with Crippen LogP contribution in [0, 0.1) is 13.8 Å². The molecule has 0 aliphatic rings. The highest BCUT2D eigenvalue weighted by Crippen LogP contribution is 2.21. The number of urea groups is 1. The third-order valence-electron chi connectivity index (χ3n) is 2.93. The molecule has 2 amide bonds. The van der Waals surface area contributed by atoms with E-state index in [0.717, 1.165) is 17.0 Å². The predicted molar refractivity (Wildman–Crippen MR) is 79.4 cm³/mol. The number of aromatic nitrogens is 2. The molecule has 0 aromatic carbocycles. The number of hydrogen-bond acceptors (Lipinski definition) is 6. The maximum Gasteiger partial charge on any atom is 0.321 e. The van der Waals surface area contributed by atoms with Crippen molar-refractivity contribution in [2.45, 2.75) is 33.4 Å². The SMILES string of the molecule is COCc1csc(NC(=O)NC(C)c2c(C)noc2C)n1. The van der Waals surface area contributed by atoms with Gasteiger partial charge in [0.05, 0.1) is 24.0 Å². The van der Waals surface area contributed by atoms with Crippen LogP contribution in [0.4, 0.5) is 9.93 Å². The van der Waals surface area contributed by atoms with Crippen molar-refractivity contribution in [1.29, 1.82) is 0 Å². The van der Waals surface area contributed by atoms with E-state index < -0.39 is 0 Å². The monoisotopic (exact) mass is 310 g/mol. The lowest BCUT2D eigenvalue weighted by molar-refractivity contribution is 0.182. The van der Waals surface area contributed by atoms with E-state index in [9.17, 15) is 4.79 Å². The van der Waals surface area contributed by atoms with Gasteiger partial charge < -0.3 is 14.6 Å². The van der Waals surface area contributed by atoms with Crippen LogP contribution >= 0.6 is 11.3 Å². The summed E-state index contributed by atoms with van der Waals surface area (Å²) in [7, 11) is 1.60. The molecule has 21 heavy (non-hydrogen) atoms. The average molecular weight is 310 g/mol. The summed E-state index contributed by atoms with van der Waals surface area (Å²) >= 11 is 1.35. The minimum Gasteiger partial charge on any atom is -0.378 e. The van der Waals surface area contributed by atoms with Gasteiger partial charge in [0.25, 0.3) is 0 Å². The Hall–Kier alpha value is -1.93. The van der Waals surface area contributed by atoms with Crippen LogP contribution in [-0.2, 0) is 11.3 Å². The molecular formula is C13H18N4O3S. The van der Waals surface area contributed by atoms with E-state index in [4.69, 9.17) is 9.26 Å². The van der Waals surface area contributed by atoms with Gasteiger partial charge in [-0.15, -0.1) is 11.3 Å². The molecule has 0 bridgehead atoms. The van der Waals surface area contributed by atoms with Crippen LogP contribution in [0.2, 0.25) is 0 Å². The van der Waals surface area contributed by atoms with E-state index in [0.29, 0.717) is 17.5 Å². The van der Waals surface area contributed by atoms with Gasteiger partial charge in [0.2, 0.25) is 0 Å². The summed E-state index contributed by atoms with van der Waals surface area (Å²) in [5.74, 6) is 0.705. The van der Waals surface area contributed by atoms with E-state index in [2.05, 4.69) is 20.8 Å². The summed E-state index contributed by atoms with van der Waals surface area (Å²) < 4.78 is 10.1. The van der Waals surface area contributed by atoms with Crippen molar-refractivity contribution in [1.82, 2.24) is 15.5 Å². The van der Waals surface area contributed by atoms with E-state index in [1.165, 1.54) is 11.3 Å². The lowest BCUT2D eigenvalue weighted by Crippen LogP contribution is -2.31. The summed E-state index contributed by atoms with van der Waals surface area (Å²) in [6.07, 6.45) is 0. The second kappa shape index (κ2) is 6.68. The number of hydrogen-bond donors (Lipinski definition) is 2. The molecule has 1 atom stereocenters. The standard InChI is InChI=1S/C13H18N4O3S/c1-7(11-8(2)17-20-9(11)3)14-12(18)16-13-15-10(5-19-4)6-21-13/h6-7H,5H2,1-4H3,(H2,14,15,16,18). The molecule has 0 aliphatic carbocycles. The Kier molecular flexibility index (Phi) is 4.92. The Morgan fingerprint density at radius 2 is 2.29 bits per heavy atom. The topological polar surface area (TPSA) is 89.3 Å². The highest BCUT2D eigenvalue weighted by molar-refractivity contribution is 7.13. The van der Waals surface area contributed by atoms with E-state index in [1.807, 2.05) is 26.2 Å². The largest absolute Gasteiger partial charge is 0.378 e. The minimum absolute atomic E-state index is 0.199. The van der Waals surface area contributed by atoms with Gasteiger partial charge in [-0.2, -0.15) is 0 Å². The number of nitrogens with zero attached hydrogens (tertiary/aromatic N) is 2. The van der Waals surface area contributed by atoms with Crippen LogP contribution in [0.25, 0.3) is 0 Å². The fourth-order valence-corrected chi connectivity index (χ4v) is 2.78. The van der Waals surface area contributed by atoms with E-state index >= 15 is 0 Å². The van der Waals surface area contributed by atoms with Crippen molar-refractivity contribution in [2.75, 3.05) is 12.4 Å². The second-order valence-corrected chi connectivity index (χ2v) is 5.49. The second-order valence-electron chi connectivity index (χ2n) is 4.64. The Balaban J connectivity index is 1.95. The molecule has 7 nitrogen and oxygen atoms in total. The zero-order valence-corrected chi connectivity index (χ0v) is 13.2. The highest BCUT2D eigenvalue weighted by Gasteiger charge is 2.18. The zero-order chi connectivity index (χ0) is 15.4. The maximum absolute atomic E-state index is 12.0. The van der Waals surface area contributed by atoms with Crippen LogP contribution in [0.3, 0.4) is 0 Å². The Bertz CT molecular complexity index is 603. The molecule has 0 saturated carbocycles. The van der Waals surface area contributed by atoms with Gasteiger partial charge in [-0.05, 0) is 20.8 Å². The fraction of sp³-hybridized carbons (Fsp3) is 0.462. The zero-order valence-electron chi connectivity index (χ0n) is 12.4. The van der Waals surface area contributed by atoms with E-state index in [-0.39, 0.29) is 12.1 Å². The van der Waals surface area contributed by atoms with Gasteiger partial charge in [-0.3, -0.25) is 5.32 Å². The first-order valence-corrected chi connectivity index (χ1v) is 7.32. The molecule has 1 unspecified atom stereocenters. The molecule has 0 fully saturated rings. The number of methoxy groups -OCH3 is 1. The molecule has 0 radical (unpaired) electrons. The molecule has 0 aliphatic heterocycles. The van der Waals surface area contributed by atoms with Crippen molar-refractivity contribution in [3.63, 3.8) is 0 Å².